The van der Waals surface area contributed by atoms with Crippen molar-refractivity contribution in [1.82, 2.24) is 0 Å². The molecule has 5 heteroatoms. The number of nitrogens with one attached hydrogen (secondary N) is 1. The largest absolute Gasteiger partial charge is 0.321 e. The van der Waals surface area contributed by atoms with E-state index in [0.717, 1.165) is 12.1 Å². The molecule has 0 atom stereocenters. The predicted octanol–water partition coefficient (Wildman–Crippen LogP) is 4.10. The third-order valence-electron chi connectivity index (χ3n) is 2.74. The second-order valence-electron chi connectivity index (χ2n) is 4.44. The van der Waals surface area contributed by atoms with Crippen molar-refractivity contribution < 1.29 is 13.6 Å². The van der Waals surface area contributed by atoms with Gasteiger partial charge in [0.2, 0.25) is 5.91 Å². The zero-order valence-corrected chi connectivity index (χ0v) is 11.5. The number of carbonyl (C=O) groups excluding carboxylic acids is 1. The Hall–Kier alpha value is -0.970. The van der Waals surface area contributed by atoms with Gasteiger partial charge < -0.3 is 5.32 Å². The van der Waals surface area contributed by atoms with Gasteiger partial charge in [-0.3, -0.25) is 4.79 Å². The van der Waals surface area contributed by atoms with Crippen LogP contribution < -0.4 is 5.32 Å². The Morgan fingerprint density at radius 1 is 1.35 bits per heavy atom. The highest BCUT2D eigenvalue weighted by atomic mass is 79.9. The summed E-state index contributed by atoms with van der Waals surface area (Å²) >= 11 is 2.97. The van der Waals surface area contributed by atoms with Gasteiger partial charge in [0.15, 0.2) is 11.6 Å². The Labute approximate surface area is 108 Å². The van der Waals surface area contributed by atoms with E-state index < -0.39 is 28.6 Å². The SMILES string of the molecule is CCC(C)(C)C(=O)Nc1c(F)cc(Br)cc1F. The molecule has 0 saturated carbocycles. The number of carbonyl (C=O) groups is 1. The van der Waals surface area contributed by atoms with E-state index in [1.165, 1.54) is 0 Å². The summed E-state index contributed by atoms with van der Waals surface area (Å²) in [5.41, 5.74) is -1.06. The Bertz CT molecular complexity index is 423. The van der Waals surface area contributed by atoms with E-state index in [4.69, 9.17) is 0 Å². The van der Waals surface area contributed by atoms with Gasteiger partial charge in [-0.1, -0.05) is 36.7 Å². The molecule has 0 bridgehead atoms. The lowest BCUT2D eigenvalue weighted by Gasteiger charge is -2.21. The molecule has 1 aromatic carbocycles. The van der Waals surface area contributed by atoms with Crippen molar-refractivity contribution in [3.63, 3.8) is 0 Å². The van der Waals surface area contributed by atoms with Crippen LogP contribution >= 0.6 is 15.9 Å². The zero-order valence-electron chi connectivity index (χ0n) is 9.90. The van der Waals surface area contributed by atoms with E-state index in [-0.39, 0.29) is 0 Å². The van der Waals surface area contributed by atoms with Crippen LogP contribution in [0.5, 0.6) is 0 Å². The maximum Gasteiger partial charge on any atom is 0.230 e. The van der Waals surface area contributed by atoms with Gasteiger partial charge in [0, 0.05) is 9.89 Å². The van der Waals surface area contributed by atoms with Crippen LogP contribution in [0.25, 0.3) is 0 Å². The molecule has 0 aliphatic rings. The van der Waals surface area contributed by atoms with Gasteiger partial charge in [0.05, 0.1) is 0 Å². The molecule has 1 amide bonds. The summed E-state index contributed by atoms with van der Waals surface area (Å²) in [5.74, 6) is -1.99. The molecule has 17 heavy (non-hydrogen) atoms. The minimum atomic E-state index is -0.794. The molecule has 0 radical (unpaired) electrons. The first-order valence-electron chi connectivity index (χ1n) is 5.24. The van der Waals surface area contributed by atoms with E-state index in [0.29, 0.717) is 10.9 Å². The minimum Gasteiger partial charge on any atom is -0.321 e. The Morgan fingerprint density at radius 2 is 1.82 bits per heavy atom. The number of anilines is 1. The minimum absolute atomic E-state index is 0.292. The Kier molecular flexibility index (Phi) is 4.25. The average molecular weight is 306 g/mol. The van der Waals surface area contributed by atoms with E-state index in [1.54, 1.807) is 13.8 Å². The van der Waals surface area contributed by atoms with Gasteiger partial charge in [-0.25, -0.2) is 8.78 Å². The molecular weight excluding hydrogens is 292 g/mol. The molecule has 0 heterocycles. The summed E-state index contributed by atoms with van der Waals surface area (Å²) in [5, 5.41) is 2.29. The van der Waals surface area contributed by atoms with Crippen LogP contribution in [0.4, 0.5) is 14.5 Å². The standard InChI is InChI=1S/C12H14BrF2NO/c1-4-12(2,3)11(17)16-10-8(14)5-7(13)6-9(10)15/h5-6H,4H2,1-3H3,(H,16,17). The molecule has 0 aliphatic carbocycles. The van der Waals surface area contributed by atoms with E-state index >= 15 is 0 Å². The van der Waals surface area contributed by atoms with Crippen LogP contribution in [-0.2, 0) is 4.79 Å². The number of amides is 1. The fourth-order valence-electron chi connectivity index (χ4n) is 1.10. The second-order valence-corrected chi connectivity index (χ2v) is 5.35. The molecule has 0 fully saturated rings. The highest BCUT2D eigenvalue weighted by molar-refractivity contribution is 9.10. The molecule has 0 saturated heterocycles. The summed E-state index contributed by atoms with van der Waals surface area (Å²) in [6, 6.07) is 2.22. The predicted molar refractivity (Wildman–Crippen MR) is 66.8 cm³/mol. The highest BCUT2D eigenvalue weighted by Gasteiger charge is 2.27. The van der Waals surface area contributed by atoms with E-state index in [1.807, 2.05) is 6.92 Å². The van der Waals surface area contributed by atoms with Crippen molar-refractivity contribution in [2.45, 2.75) is 27.2 Å². The van der Waals surface area contributed by atoms with Crippen molar-refractivity contribution in [2.24, 2.45) is 5.41 Å². The van der Waals surface area contributed by atoms with Gasteiger partial charge in [0.1, 0.15) is 5.69 Å². The quantitative estimate of drug-likeness (QED) is 0.895. The smallest absolute Gasteiger partial charge is 0.230 e. The van der Waals surface area contributed by atoms with Crippen molar-refractivity contribution in [3.05, 3.63) is 28.2 Å². The summed E-state index contributed by atoms with van der Waals surface area (Å²) in [6.45, 7) is 5.28. The van der Waals surface area contributed by atoms with Crippen LogP contribution in [0.15, 0.2) is 16.6 Å². The van der Waals surface area contributed by atoms with Gasteiger partial charge in [-0.05, 0) is 18.6 Å². The maximum absolute atomic E-state index is 13.5. The number of hydrogen-bond donors (Lipinski definition) is 1. The Morgan fingerprint density at radius 3 is 2.24 bits per heavy atom. The van der Waals surface area contributed by atoms with Crippen LogP contribution in [0.2, 0.25) is 0 Å². The molecule has 0 spiro atoms. The first-order chi connectivity index (χ1) is 7.77. The number of hydrogen-bond acceptors (Lipinski definition) is 1. The maximum atomic E-state index is 13.5. The van der Waals surface area contributed by atoms with Crippen molar-refractivity contribution >= 4 is 27.5 Å². The molecule has 94 valence electrons. The van der Waals surface area contributed by atoms with Crippen molar-refractivity contribution in [3.8, 4) is 0 Å². The molecule has 0 unspecified atom stereocenters. The molecule has 1 aromatic rings. The van der Waals surface area contributed by atoms with E-state index in [2.05, 4.69) is 21.2 Å². The summed E-state index contributed by atoms with van der Waals surface area (Å²) in [7, 11) is 0. The topological polar surface area (TPSA) is 29.1 Å². The fourth-order valence-corrected chi connectivity index (χ4v) is 1.51. The third-order valence-corrected chi connectivity index (χ3v) is 3.20. The molecule has 1 rings (SSSR count). The van der Waals surface area contributed by atoms with Crippen molar-refractivity contribution in [2.75, 3.05) is 5.32 Å². The second kappa shape index (κ2) is 5.12. The molecule has 1 N–H and O–H groups in total. The van der Waals surface area contributed by atoms with Crippen LogP contribution in [0.3, 0.4) is 0 Å². The number of benzene rings is 1. The first kappa shape index (κ1) is 14.1. The van der Waals surface area contributed by atoms with Gasteiger partial charge in [-0.2, -0.15) is 0 Å². The lowest BCUT2D eigenvalue weighted by Crippen LogP contribution is -2.30. The summed E-state index contributed by atoms with van der Waals surface area (Å²) in [6.07, 6.45) is 0.582. The van der Waals surface area contributed by atoms with Crippen LogP contribution in [0, 0.1) is 17.0 Å². The molecule has 2 nitrogen and oxygen atoms in total. The van der Waals surface area contributed by atoms with Crippen LogP contribution in [-0.4, -0.2) is 5.91 Å². The van der Waals surface area contributed by atoms with Gasteiger partial charge >= 0.3 is 0 Å². The lowest BCUT2D eigenvalue weighted by molar-refractivity contribution is -0.124. The van der Waals surface area contributed by atoms with E-state index in [9.17, 15) is 13.6 Å². The van der Waals surface area contributed by atoms with Crippen molar-refractivity contribution in [1.29, 1.82) is 0 Å². The number of rotatable bonds is 3. The summed E-state index contributed by atoms with van der Waals surface area (Å²) < 4.78 is 27.2. The normalized spacial score (nSPS) is 11.4. The molecular formula is C12H14BrF2NO. The zero-order chi connectivity index (χ0) is 13.2. The summed E-state index contributed by atoms with van der Waals surface area (Å²) in [4.78, 5) is 11.8. The Balaban J connectivity index is 3.01. The number of halogens is 3. The lowest BCUT2D eigenvalue weighted by atomic mass is 9.89. The monoisotopic (exact) mass is 305 g/mol. The third kappa shape index (κ3) is 3.25. The van der Waals surface area contributed by atoms with Gasteiger partial charge in [0.25, 0.3) is 0 Å². The highest BCUT2D eigenvalue weighted by Crippen LogP contribution is 2.27. The van der Waals surface area contributed by atoms with Crippen LogP contribution in [0.1, 0.15) is 27.2 Å². The average Bonchev–Trinajstić information content (AvgIpc) is 2.22. The molecule has 0 aliphatic heterocycles. The first-order valence-corrected chi connectivity index (χ1v) is 6.03. The van der Waals surface area contributed by atoms with Gasteiger partial charge in [-0.15, -0.1) is 0 Å². The molecule has 0 aromatic heterocycles. The fraction of sp³-hybridized carbons (Fsp3) is 0.417.